The van der Waals surface area contributed by atoms with Gasteiger partial charge in [0.1, 0.15) is 0 Å². The van der Waals surface area contributed by atoms with E-state index in [1.54, 1.807) is 0 Å². The highest BCUT2D eigenvalue weighted by molar-refractivity contribution is 5.87. The SMILES string of the molecule is CCCCCCOC1(OCCCCCC)c2ccccc2-c2ccccc2-c2ccccc2C(OCCCCCC)(OCCCCCC)C1(OCCCCCC)OCCCCCC. The van der Waals surface area contributed by atoms with Gasteiger partial charge in [-0.1, -0.05) is 230 Å². The third-order valence-electron chi connectivity index (χ3n) is 12.8. The van der Waals surface area contributed by atoms with E-state index in [0.29, 0.717) is 39.6 Å². The zero-order chi connectivity index (χ0) is 44.9. The molecule has 0 aliphatic heterocycles. The van der Waals surface area contributed by atoms with Gasteiger partial charge < -0.3 is 28.4 Å². The number of hydrogen-bond donors (Lipinski definition) is 0. The highest BCUT2D eigenvalue weighted by atomic mass is 16.8. The lowest BCUT2D eigenvalue weighted by molar-refractivity contribution is -0.511. The molecular weight excluding hydrogens is 781 g/mol. The van der Waals surface area contributed by atoms with Gasteiger partial charge >= 0.3 is 0 Å². The summed E-state index contributed by atoms with van der Waals surface area (Å²) < 4.78 is 46.7. The first kappa shape index (κ1) is 53.0. The molecule has 0 amide bonds. The van der Waals surface area contributed by atoms with Crippen molar-refractivity contribution in [3.05, 3.63) is 83.9 Å². The molecule has 1 aliphatic carbocycles. The average molecular weight is 871 g/mol. The van der Waals surface area contributed by atoms with Gasteiger partial charge in [-0.3, -0.25) is 0 Å². The van der Waals surface area contributed by atoms with E-state index >= 15 is 0 Å². The molecule has 0 N–H and O–H groups in total. The summed E-state index contributed by atoms with van der Waals surface area (Å²) >= 11 is 0. The van der Waals surface area contributed by atoms with Crippen molar-refractivity contribution >= 4 is 0 Å². The number of fused-ring (bicyclic) bond motifs is 5. The van der Waals surface area contributed by atoms with Crippen molar-refractivity contribution < 1.29 is 28.4 Å². The van der Waals surface area contributed by atoms with Crippen LogP contribution in [0.5, 0.6) is 0 Å². The average Bonchev–Trinajstić information content (AvgIpc) is 3.33. The summed E-state index contributed by atoms with van der Waals surface area (Å²) in [6.45, 7) is 16.3. The second kappa shape index (κ2) is 30.6. The van der Waals surface area contributed by atoms with E-state index < -0.39 is 17.4 Å². The second-order valence-electron chi connectivity index (χ2n) is 17.9. The van der Waals surface area contributed by atoms with Crippen molar-refractivity contribution in [2.45, 2.75) is 213 Å². The molecule has 0 radical (unpaired) electrons. The van der Waals surface area contributed by atoms with Gasteiger partial charge in [-0.15, -0.1) is 0 Å². The van der Waals surface area contributed by atoms with Gasteiger partial charge in [0.2, 0.25) is 0 Å². The summed E-state index contributed by atoms with van der Waals surface area (Å²) in [5.74, 6) is -4.94. The van der Waals surface area contributed by atoms with Crippen molar-refractivity contribution in [1.29, 1.82) is 0 Å². The number of ether oxygens (including phenoxy) is 6. The minimum Gasteiger partial charge on any atom is -0.342 e. The maximum Gasteiger partial charge on any atom is 0.289 e. The van der Waals surface area contributed by atoms with Gasteiger partial charge in [-0.2, -0.15) is 0 Å². The molecule has 4 rings (SSSR count). The van der Waals surface area contributed by atoms with Gasteiger partial charge in [0.15, 0.2) is 0 Å². The Bertz CT molecular complexity index is 1470. The van der Waals surface area contributed by atoms with E-state index in [1.165, 1.54) is 0 Å². The van der Waals surface area contributed by atoms with Gasteiger partial charge in [0.25, 0.3) is 17.4 Å². The van der Waals surface area contributed by atoms with E-state index in [0.717, 1.165) is 187 Å². The quantitative estimate of drug-likeness (QED) is 0.0429. The van der Waals surface area contributed by atoms with Crippen LogP contribution in [0.15, 0.2) is 72.8 Å². The summed E-state index contributed by atoms with van der Waals surface area (Å²) in [7, 11) is 0. The smallest absolute Gasteiger partial charge is 0.289 e. The molecule has 63 heavy (non-hydrogen) atoms. The summed E-state index contributed by atoms with van der Waals surface area (Å²) in [5.41, 5.74) is 6.09. The molecule has 0 saturated heterocycles. The summed E-state index contributed by atoms with van der Waals surface area (Å²) in [6.07, 6.45) is 25.3. The molecule has 3 aromatic carbocycles. The molecule has 0 fully saturated rings. The predicted octanol–water partition coefficient (Wildman–Crippen LogP) is 16.6. The Labute approximate surface area is 385 Å². The maximum atomic E-state index is 7.85. The zero-order valence-electron chi connectivity index (χ0n) is 41.1. The van der Waals surface area contributed by atoms with Crippen LogP contribution < -0.4 is 0 Å². The van der Waals surface area contributed by atoms with Crippen LogP contribution in [0.4, 0.5) is 0 Å². The van der Waals surface area contributed by atoms with Crippen LogP contribution >= 0.6 is 0 Å². The Morgan fingerprint density at radius 3 is 0.778 bits per heavy atom. The van der Waals surface area contributed by atoms with Crippen molar-refractivity contribution in [2.75, 3.05) is 39.6 Å². The van der Waals surface area contributed by atoms with E-state index in [9.17, 15) is 0 Å². The molecule has 0 bridgehead atoms. The fourth-order valence-corrected chi connectivity index (χ4v) is 9.20. The molecule has 3 aromatic rings. The Morgan fingerprint density at radius 1 is 0.270 bits per heavy atom. The van der Waals surface area contributed by atoms with E-state index in [4.69, 9.17) is 28.4 Å². The van der Waals surface area contributed by atoms with Crippen LogP contribution in [0.1, 0.15) is 207 Å². The number of benzene rings is 3. The largest absolute Gasteiger partial charge is 0.342 e. The fraction of sp³-hybridized carbons (Fsp3) is 0.684. The monoisotopic (exact) mass is 871 g/mol. The lowest BCUT2D eigenvalue weighted by Gasteiger charge is -2.56. The normalized spacial score (nSPS) is 15.0. The molecule has 6 heteroatoms. The molecule has 0 heterocycles. The molecule has 0 spiro atoms. The van der Waals surface area contributed by atoms with E-state index in [-0.39, 0.29) is 0 Å². The van der Waals surface area contributed by atoms with Crippen LogP contribution in [0.3, 0.4) is 0 Å². The second-order valence-corrected chi connectivity index (χ2v) is 17.9. The third kappa shape index (κ3) is 14.5. The Kier molecular flexibility index (Phi) is 25.8. The minimum absolute atomic E-state index is 0.437. The van der Waals surface area contributed by atoms with Crippen LogP contribution in [-0.4, -0.2) is 45.4 Å². The van der Waals surface area contributed by atoms with Crippen molar-refractivity contribution in [1.82, 2.24) is 0 Å². The zero-order valence-corrected chi connectivity index (χ0v) is 41.1. The highest BCUT2D eigenvalue weighted by Crippen LogP contribution is 2.59. The third-order valence-corrected chi connectivity index (χ3v) is 12.8. The first-order valence-electron chi connectivity index (χ1n) is 26.2. The fourth-order valence-electron chi connectivity index (χ4n) is 9.20. The molecule has 0 aromatic heterocycles. The number of hydrogen-bond acceptors (Lipinski definition) is 6. The lowest BCUT2D eigenvalue weighted by atomic mass is 9.82. The van der Waals surface area contributed by atoms with Crippen molar-refractivity contribution in [2.24, 2.45) is 0 Å². The molecule has 354 valence electrons. The van der Waals surface area contributed by atoms with E-state index in [1.807, 2.05) is 0 Å². The van der Waals surface area contributed by atoms with Crippen LogP contribution in [0, 0.1) is 0 Å². The Hall–Kier alpha value is -2.58. The van der Waals surface area contributed by atoms with Crippen molar-refractivity contribution in [3.63, 3.8) is 0 Å². The van der Waals surface area contributed by atoms with E-state index in [2.05, 4.69) is 114 Å². The van der Waals surface area contributed by atoms with Crippen LogP contribution in [0.2, 0.25) is 0 Å². The van der Waals surface area contributed by atoms with Crippen LogP contribution in [0.25, 0.3) is 22.3 Å². The summed E-state index contributed by atoms with van der Waals surface area (Å²) in [6, 6.07) is 26.3. The summed E-state index contributed by atoms with van der Waals surface area (Å²) in [5, 5.41) is 0. The predicted molar refractivity (Wildman–Crippen MR) is 264 cm³/mol. The Balaban J connectivity index is 2.24. The van der Waals surface area contributed by atoms with Gasteiger partial charge in [-0.25, -0.2) is 0 Å². The lowest BCUT2D eigenvalue weighted by Crippen LogP contribution is -2.71. The maximum absolute atomic E-state index is 7.85. The van der Waals surface area contributed by atoms with Gasteiger partial charge in [0.05, 0.1) is 39.6 Å². The molecule has 6 nitrogen and oxygen atoms in total. The van der Waals surface area contributed by atoms with Crippen LogP contribution in [-0.2, 0) is 40.0 Å². The molecular formula is C57H90O6. The molecule has 0 saturated carbocycles. The highest BCUT2D eigenvalue weighted by Gasteiger charge is 2.73. The van der Waals surface area contributed by atoms with Gasteiger partial charge in [0, 0.05) is 11.1 Å². The van der Waals surface area contributed by atoms with Crippen molar-refractivity contribution in [3.8, 4) is 22.3 Å². The molecule has 0 unspecified atom stereocenters. The number of rotatable bonds is 36. The Morgan fingerprint density at radius 2 is 0.508 bits per heavy atom. The van der Waals surface area contributed by atoms with Gasteiger partial charge in [-0.05, 0) is 60.8 Å². The minimum atomic E-state index is -1.74. The standard InChI is InChI=1S/C57H90O6/c1-7-13-19-31-43-58-55(59-44-32-20-14-8-2)53-41-29-27-39-51(53)49-37-25-26-38-50(49)52-40-28-30-42-54(52)56(60-45-33-21-15-9-3,61-46-34-22-16-10-4)57(55,62-47-35-23-17-11-5)63-48-36-24-18-12-6/h25-30,37-42H,7-24,31-36,43-48H2,1-6H3. The molecule has 1 aliphatic rings. The molecule has 0 atom stereocenters. The first-order chi connectivity index (χ1) is 31.1. The summed E-state index contributed by atoms with van der Waals surface area (Å²) in [4.78, 5) is 0. The topological polar surface area (TPSA) is 55.4 Å². The first-order valence-corrected chi connectivity index (χ1v) is 26.2. The number of unbranched alkanes of at least 4 members (excludes halogenated alkanes) is 18.